The van der Waals surface area contributed by atoms with Gasteiger partial charge in [-0.25, -0.2) is 0 Å². The van der Waals surface area contributed by atoms with E-state index in [0.29, 0.717) is 28.8 Å². The highest BCUT2D eigenvalue weighted by molar-refractivity contribution is 5.49. The molecule has 6 aliphatic rings. The second-order valence-corrected chi connectivity index (χ2v) is 15.0. The standard InChI is InChI=1S/C34H56O5/c1-23(9-8-18-35)26-12-13-27-25-22-30(39-32-11-5-7-20-37-32)29-21-24(38-31-10-4-6-19-36-31)14-16-34(29,3)28(25)15-17-33(26,27)2/h18,23-32H,4-17,19-22H2,1-3H3/t23-,24-,25+,26-,27+,28+,29+,30+,31?,32?,33-,34-/m1/s1. The summed E-state index contributed by atoms with van der Waals surface area (Å²) < 4.78 is 25.8. The van der Waals surface area contributed by atoms with Crippen LogP contribution < -0.4 is 0 Å². The Balaban J connectivity index is 1.22. The largest absolute Gasteiger partial charge is 0.353 e. The maximum Gasteiger partial charge on any atom is 0.157 e. The van der Waals surface area contributed by atoms with Gasteiger partial charge in [-0.15, -0.1) is 0 Å². The van der Waals surface area contributed by atoms with E-state index >= 15 is 0 Å². The van der Waals surface area contributed by atoms with Gasteiger partial charge in [0.1, 0.15) is 6.29 Å². The first kappa shape index (κ1) is 28.6. The predicted octanol–water partition coefficient (Wildman–Crippen LogP) is 7.69. The highest BCUT2D eigenvalue weighted by Crippen LogP contribution is 2.69. The molecule has 0 radical (unpaired) electrons. The van der Waals surface area contributed by atoms with Gasteiger partial charge in [0, 0.05) is 19.6 Å². The predicted molar refractivity (Wildman–Crippen MR) is 152 cm³/mol. The molecular weight excluding hydrogens is 488 g/mol. The van der Waals surface area contributed by atoms with Crippen molar-refractivity contribution in [2.75, 3.05) is 13.2 Å². The molecule has 5 heteroatoms. The molecule has 0 spiro atoms. The van der Waals surface area contributed by atoms with Gasteiger partial charge in [0.25, 0.3) is 0 Å². The molecule has 0 aromatic heterocycles. The van der Waals surface area contributed by atoms with E-state index in [0.717, 1.165) is 88.1 Å². The molecule has 2 unspecified atom stereocenters. The Bertz CT molecular complexity index is 820. The maximum absolute atomic E-state index is 11.1. The summed E-state index contributed by atoms with van der Waals surface area (Å²) >= 11 is 0. The van der Waals surface area contributed by atoms with E-state index in [1.54, 1.807) is 0 Å². The van der Waals surface area contributed by atoms with Gasteiger partial charge in [0.15, 0.2) is 12.6 Å². The average Bonchev–Trinajstić information content (AvgIpc) is 3.31. The average molecular weight is 545 g/mol. The lowest BCUT2D eigenvalue weighted by Crippen LogP contribution is -2.59. The Morgan fingerprint density at radius 3 is 2.18 bits per heavy atom. The molecular formula is C34H56O5. The van der Waals surface area contributed by atoms with Crippen LogP contribution in [-0.4, -0.2) is 44.3 Å². The number of carbonyl (C=O) groups is 1. The van der Waals surface area contributed by atoms with Gasteiger partial charge in [0.2, 0.25) is 0 Å². The highest BCUT2D eigenvalue weighted by Gasteiger charge is 2.63. The second kappa shape index (κ2) is 12.0. The fraction of sp³-hybridized carbons (Fsp3) is 0.971. The first-order chi connectivity index (χ1) is 18.9. The molecule has 0 bridgehead atoms. The van der Waals surface area contributed by atoms with Crippen LogP contribution >= 0.6 is 0 Å². The Kier molecular flexibility index (Phi) is 8.82. The van der Waals surface area contributed by atoms with Crippen molar-refractivity contribution in [3.05, 3.63) is 0 Å². The molecule has 39 heavy (non-hydrogen) atoms. The zero-order chi connectivity index (χ0) is 27.0. The highest BCUT2D eigenvalue weighted by atomic mass is 16.7. The molecule has 2 aliphatic heterocycles. The topological polar surface area (TPSA) is 54.0 Å². The van der Waals surface area contributed by atoms with Gasteiger partial charge in [-0.3, -0.25) is 0 Å². The van der Waals surface area contributed by atoms with Crippen LogP contribution in [0.3, 0.4) is 0 Å². The number of carbonyl (C=O) groups excluding carboxylic acids is 1. The van der Waals surface area contributed by atoms with Gasteiger partial charge in [-0.2, -0.15) is 0 Å². The molecule has 0 aromatic rings. The Hall–Kier alpha value is -0.490. The van der Waals surface area contributed by atoms with E-state index in [4.69, 9.17) is 18.9 Å². The number of hydrogen-bond acceptors (Lipinski definition) is 5. The number of aldehydes is 1. The molecule has 2 saturated heterocycles. The van der Waals surface area contributed by atoms with Gasteiger partial charge in [-0.1, -0.05) is 20.8 Å². The van der Waals surface area contributed by atoms with Crippen LogP contribution in [0.1, 0.15) is 124 Å². The molecule has 222 valence electrons. The molecule has 6 rings (SSSR count). The van der Waals surface area contributed by atoms with Crippen molar-refractivity contribution in [2.45, 2.75) is 148 Å². The number of hydrogen-bond donors (Lipinski definition) is 0. The van der Waals surface area contributed by atoms with Crippen LogP contribution in [0, 0.1) is 46.3 Å². The van der Waals surface area contributed by atoms with Crippen molar-refractivity contribution in [3.8, 4) is 0 Å². The maximum atomic E-state index is 11.1. The van der Waals surface area contributed by atoms with E-state index in [1.165, 1.54) is 57.8 Å². The first-order valence-electron chi connectivity index (χ1n) is 16.9. The summed E-state index contributed by atoms with van der Waals surface area (Å²) in [6, 6.07) is 0. The lowest BCUT2D eigenvalue weighted by atomic mass is 9.43. The van der Waals surface area contributed by atoms with Crippen molar-refractivity contribution in [2.24, 2.45) is 46.3 Å². The van der Waals surface area contributed by atoms with Crippen molar-refractivity contribution in [1.29, 1.82) is 0 Å². The van der Waals surface area contributed by atoms with E-state index in [-0.39, 0.29) is 18.7 Å². The van der Waals surface area contributed by atoms with Crippen molar-refractivity contribution < 1.29 is 23.7 Å². The van der Waals surface area contributed by atoms with Crippen LogP contribution in [0.5, 0.6) is 0 Å². The van der Waals surface area contributed by atoms with Gasteiger partial charge in [-0.05, 0) is 143 Å². The molecule has 0 amide bonds. The summed E-state index contributed by atoms with van der Waals surface area (Å²) in [5, 5.41) is 0. The Labute approximate surface area is 237 Å². The zero-order valence-electron chi connectivity index (χ0n) is 25.1. The summed E-state index contributed by atoms with van der Waals surface area (Å²) in [6.07, 6.45) is 20.5. The van der Waals surface area contributed by atoms with Crippen LogP contribution in [0.25, 0.3) is 0 Å². The summed E-state index contributed by atoms with van der Waals surface area (Å²) in [6.45, 7) is 9.39. The monoisotopic (exact) mass is 544 g/mol. The molecule has 0 N–H and O–H groups in total. The number of rotatable bonds is 8. The van der Waals surface area contributed by atoms with Crippen LogP contribution in [0.2, 0.25) is 0 Å². The van der Waals surface area contributed by atoms with Gasteiger partial charge in [0.05, 0.1) is 12.2 Å². The molecule has 4 saturated carbocycles. The van der Waals surface area contributed by atoms with Crippen LogP contribution in [0.15, 0.2) is 0 Å². The molecule has 6 fully saturated rings. The lowest BCUT2D eigenvalue weighted by Gasteiger charge is -2.63. The first-order valence-corrected chi connectivity index (χ1v) is 16.9. The third kappa shape index (κ3) is 5.53. The van der Waals surface area contributed by atoms with E-state index in [9.17, 15) is 4.79 Å². The minimum atomic E-state index is -0.0258. The van der Waals surface area contributed by atoms with E-state index in [1.807, 2.05) is 0 Å². The van der Waals surface area contributed by atoms with E-state index < -0.39 is 0 Å². The normalized spacial score (nSPS) is 48.9. The third-order valence-electron chi connectivity index (χ3n) is 13.1. The quantitative estimate of drug-likeness (QED) is 0.232. The van der Waals surface area contributed by atoms with Crippen molar-refractivity contribution >= 4 is 6.29 Å². The minimum Gasteiger partial charge on any atom is -0.353 e. The van der Waals surface area contributed by atoms with Crippen molar-refractivity contribution in [3.63, 3.8) is 0 Å². The number of ether oxygens (including phenoxy) is 4. The molecule has 2 heterocycles. The Morgan fingerprint density at radius 1 is 0.795 bits per heavy atom. The molecule has 0 aromatic carbocycles. The summed E-state index contributed by atoms with van der Waals surface area (Å²) in [5.41, 5.74) is 0.731. The van der Waals surface area contributed by atoms with Gasteiger partial charge >= 0.3 is 0 Å². The molecule has 5 nitrogen and oxygen atoms in total. The SMILES string of the molecule is C[C@H](CCC=O)[C@H]1CC[C@H]2[C@@H]3C[C@H](OC4CCCCO4)[C@@H]4C[C@H](OC5CCCCO5)CC[C@]4(C)[C@H]3CC[C@]12C. The zero-order valence-corrected chi connectivity index (χ0v) is 25.1. The van der Waals surface area contributed by atoms with Crippen LogP contribution in [0.4, 0.5) is 0 Å². The second-order valence-electron chi connectivity index (χ2n) is 15.0. The third-order valence-corrected chi connectivity index (χ3v) is 13.1. The summed E-state index contributed by atoms with van der Waals surface area (Å²) in [5.74, 6) is 4.28. The lowest BCUT2D eigenvalue weighted by molar-refractivity contribution is -0.261. The fourth-order valence-electron chi connectivity index (χ4n) is 11.1. The molecule has 12 atom stereocenters. The van der Waals surface area contributed by atoms with Gasteiger partial charge < -0.3 is 23.7 Å². The fourth-order valence-corrected chi connectivity index (χ4v) is 11.1. The number of fused-ring (bicyclic) bond motifs is 5. The summed E-state index contributed by atoms with van der Waals surface area (Å²) in [7, 11) is 0. The molecule has 4 aliphatic carbocycles. The summed E-state index contributed by atoms with van der Waals surface area (Å²) in [4.78, 5) is 11.1. The Morgan fingerprint density at radius 2 is 1.49 bits per heavy atom. The van der Waals surface area contributed by atoms with Crippen LogP contribution in [-0.2, 0) is 23.7 Å². The smallest absolute Gasteiger partial charge is 0.157 e. The minimum absolute atomic E-state index is 0.00231. The van der Waals surface area contributed by atoms with E-state index in [2.05, 4.69) is 20.8 Å². The van der Waals surface area contributed by atoms with Crippen molar-refractivity contribution in [1.82, 2.24) is 0 Å².